The summed E-state index contributed by atoms with van der Waals surface area (Å²) in [4.78, 5) is 47.5. The molecule has 3 heterocycles. The number of rotatable bonds is 6. The van der Waals surface area contributed by atoms with E-state index in [9.17, 15) is 9.59 Å². The van der Waals surface area contributed by atoms with Gasteiger partial charge in [0.2, 0.25) is 0 Å². The minimum atomic E-state index is -0.413. The number of hydrogen-bond acceptors (Lipinski definition) is 11. The second-order valence-corrected chi connectivity index (χ2v) is 7.84. The fraction of sp³-hybridized carbons (Fsp3) is 0.250. The first-order valence-electron chi connectivity index (χ1n) is 9.11. The van der Waals surface area contributed by atoms with Crippen molar-refractivity contribution in [1.29, 1.82) is 0 Å². The number of carbonyl (C=O) groups is 1. The molecule has 3 aromatic heterocycles. The zero-order chi connectivity index (χ0) is 23.5. The molecular weight excluding hydrogens is 450 g/mol. The first-order valence-corrected chi connectivity index (χ1v) is 11.6. The van der Waals surface area contributed by atoms with Gasteiger partial charge in [-0.25, -0.2) is 29.7 Å². The zero-order valence-corrected chi connectivity index (χ0v) is 19.9. The maximum Gasteiger partial charge on any atom is 0.341 e. The molecule has 32 heavy (non-hydrogen) atoms. The van der Waals surface area contributed by atoms with E-state index in [1.54, 1.807) is 23.2 Å². The Hall–Kier alpha value is -3.25. The number of nitrogens with zero attached hydrogens (tertiary/aromatic N) is 6. The van der Waals surface area contributed by atoms with Gasteiger partial charge in [0.15, 0.2) is 0 Å². The van der Waals surface area contributed by atoms with Crippen molar-refractivity contribution < 1.29 is 9.53 Å². The van der Waals surface area contributed by atoms with Gasteiger partial charge in [-0.05, 0) is 24.6 Å². The van der Waals surface area contributed by atoms with Crippen LogP contribution >= 0.6 is 23.5 Å². The van der Waals surface area contributed by atoms with Crippen LogP contribution in [-0.2, 0) is 9.53 Å². The lowest BCUT2D eigenvalue weighted by Gasteiger charge is -2.10. The van der Waals surface area contributed by atoms with Gasteiger partial charge in [-0.1, -0.05) is 0 Å². The maximum atomic E-state index is 11.7. The van der Waals surface area contributed by atoms with Gasteiger partial charge in [0, 0.05) is 26.5 Å². The molecule has 0 saturated carbocycles. The Kier molecular flexibility index (Phi) is 9.82. The molecule has 168 valence electrons. The van der Waals surface area contributed by atoms with Crippen LogP contribution in [0.25, 0.3) is 16.8 Å². The smallest absolute Gasteiger partial charge is 0.341 e. The number of hydrogen-bond donors (Lipinski definition) is 1. The summed E-state index contributed by atoms with van der Waals surface area (Å²) < 4.78 is 4.74. The third-order valence-corrected chi connectivity index (χ3v) is 5.05. The largest absolute Gasteiger partial charge is 0.465 e. The van der Waals surface area contributed by atoms with E-state index in [-0.39, 0.29) is 5.56 Å². The van der Waals surface area contributed by atoms with E-state index in [0.29, 0.717) is 22.5 Å². The van der Waals surface area contributed by atoms with E-state index in [1.807, 2.05) is 26.6 Å². The van der Waals surface area contributed by atoms with Crippen LogP contribution in [0.4, 0.5) is 0 Å². The molecule has 0 atom stereocenters. The van der Waals surface area contributed by atoms with Crippen LogP contribution in [0.2, 0.25) is 0 Å². The van der Waals surface area contributed by atoms with Crippen molar-refractivity contribution in [3.63, 3.8) is 0 Å². The van der Waals surface area contributed by atoms with Crippen LogP contribution in [0.5, 0.6) is 0 Å². The molecule has 0 radical (unpaired) electrons. The minimum Gasteiger partial charge on any atom is -0.465 e. The zero-order valence-electron chi connectivity index (χ0n) is 18.3. The topological polar surface area (TPSA) is 127 Å². The molecule has 3 rings (SSSR count). The lowest BCUT2D eigenvalue weighted by atomic mass is 10.2. The van der Waals surface area contributed by atoms with Gasteiger partial charge < -0.3 is 14.6 Å². The molecule has 10 nitrogen and oxygen atoms in total. The number of aromatic nitrogens is 6. The van der Waals surface area contributed by atoms with Gasteiger partial charge in [0.25, 0.3) is 5.56 Å². The fourth-order valence-corrected chi connectivity index (χ4v) is 3.08. The SMILES string of the molecule is COC(=O)/C(=C/N(C)C)c1cc(SC)ncn1.CSc1cc(-c2cnc[nH]c2=O)ncn1. The van der Waals surface area contributed by atoms with Gasteiger partial charge in [0.05, 0.1) is 40.4 Å². The molecule has 0 aromatic carbocycles. The first kappa shape index (κ1) is 25.0. The lowest BCUT2D eigenvalue weighted by molar-refractivity contribution is -0.133. The quantitative estimate of drug-likeness (QED) is 0.245. The summed E-state index contributed by atoms with van der Waals surface area (Å²) in [6, 6.07) is 3.52. The average Bonchev–Trinajstić information content (AvgIpc) is 2.82. The molecule has 0 unspecified atom stereocenters. The third-order valence-electron chi connectivity index (χ3n) is 3.77. The highest BCUT2D eigenvalue weighted by Crippen LogP contribution is 2.18. The van der Waals surface area contributed by atoms with Gasteiger partial charge in [0.1, 0.15) is 18.2 Å². The molecule has 0 aliphatic heterocycles. The van der Waals surface area contributed by atoms with Crippen LogP contribution < -0.4 is 5.56 Å². The van der Waals surface area contributed by atoms with Crippen LogP contribution in [-0.4, -0.2) is 74.5 Å². The molecule has 0 bridgehead atoms. The van der Waals surface area contributed by atoms with E-state index >= 15 is 0 Å². The Bertz CT molecular complexity index is 1140. The van der Waals surface area contributed by atoms with Crippen molar-refractivity contribution in [2.45, 2.75) is 10.1 Å². The van der Waals surface area contributed by atoms with Gasteiger partial charge >= 0.3 is 5.97 Å². The second kappa shape index (κ2) is 12.6. The lowest BCUT2D eigenvalue weighted by Crippen LogP contribution is -2.11. The number of H-pyrrole nitrogens is 1. The predicted octanol–water partition coefficient (Wildman–Crippen LogP) is 2.22. The molecule has 3 aromatic rings. The number of ether oxygens (including phenoxy) is 1. The Morgan fingerprint density at radius 1 is 1.06 bits per heavy atom. The van der Waals surface area contributed by atoms with Crippen molar-refractivity contribution in [3.8, 4) is 11.3 Å². The summed E-state index contributed by atoms with van der Waals surface area (Å²) in [7, 11) is 5.02. The Morgan fingerprint density at radius 3 is 2.31 bits per heavy atom. The normalized spacial score (nSPS) is 10.7. The van der Waals surface area contributed by atoms with E-state index in [1.165, 1.54) is 55.8 Å². The Labute approximate surface area is 194 Å². The van der Waals surface area contributed by atoms with Gasteiger partial charge in [-0.2, -0.15) is 0 Å². The molecule has 0 aliphatic carbocycles. The van der Waals surface area contributed by atoms with E-state index in [0.717, 1.165) is 10.1 Å². The van der Waals surface area contributed by atoms with Crippen molar-refractivity contribution in [2.24, 2.45) is 0 Å². The van der Waals surface area contributed by atoms with E-state index < -0.39 is 5.97 Å². The number of esters is 1. The highest BCUT2D eigenvalue weighted by Gasteiger charge is 2.15. The predicted molar refractivity (Wildman–Crippen MR) is 125 cm³/mol. The first-order chi connectivity index (χ1) is 15.4. The summed E-state index contributed by atoms with van der Waals surface area (Å²) in [6.07, 6.45) is 11.2. The molecule has 0 spiro atoms. The van der Waals surface area contributed by atoms with Gasteiger partial charge in [-0.3, -0.25) is 4.79 Å². The molecule has 0 saturated heterocycles. The summed E-state index contributed by atoms with van der Waals surface area (Å²) in [6.45, 7) is 0. The second-order valence-electron chi connectivity index (χ2n) is 6.18. The van der Waals surface area contributed by atoms with Crippen LogP contribution in [0.1, 0.15) is 5.69 Å². The molecule has 12 heteroatoms. The number of carbonyl (C=O) groups excluding carboxylic acids is 1. The molecule has 1 N–H and O–H groups in total. The summed E-state index contributed by atoms with van der Waals surface area (Å²) in [5.41, 5.74) is 1.81. The van der Waals surface area contributed by atoms with Gasteiger partial charge in [-0.15, -0.1) is 23.5 Å². The molecule has 0 fully saturated rings. The third kappa shape index (κ3) is 7.17. The summed E-state index contributed by atoms with van der Waals surface area (Å²) in [5, 5.41) is 1.63. The highest BCUT2D eigenvalue weighted by molar-refractivity contribution is 7.98. The molecular formula is C20H23N7O3S2. The monoisotopic (exact) mass is 473 g/mol. The Balaban J connectivity index is 0.000000228. The van der Waals surface area contributed by atoms with E-state index in [2.05, 4.69) is 29.9 Å². The van der Waals surface area contributed by atoms with Crippen molar-refractivity contribution in [3.05, 3.63) is 59.6 Å². The molecule has 0 aliphatic rings. The van der Waals surface area contributed by atoms with Crippen LogP contribution in [0, 0.1) is 0 Å². The maximum absolute atomic E-state index is 11.7. The van der Waals surface area contributed by atoms with Crippen molar-refractivity contribution in [2.75, 3.05) is 33.7 Å². The van der Waals surface area contributed by atoms with Crippen molar-refractivity contribution >= 4 is 35.1 Å². The van der Waals surface area contributed by atoms with Crippen molar-refractivity contribution in [1.82, 2.24) is 34.8 Å². The fourth-order valence-electron chi connectivity index (χ4n) is 2.31. The van der Waals surface area contributed by atoms with E-state index in [4.69, 9.17) is 4.74 Å². The Morgan fingerprint density at radius 2 is 1.72 bits per heavy atom. The average molecular weight is 474 g/mol. The molecule has 0 amide bonds. The number of nitrogens with one attached hydrogen (secondary N) is 1. The van der Waals surface area contributed by atoms with Crippen LogP contribution in [0.3, 0.4) is 0 Å². The highest BCUT2D eigenvalue weighted by atomic mass is 32.2. The van der Waals surface area contributed by atoms with Crippen LogP contribution in [0.15, 0.2) is 58.4 Å². The summed E-state index contributed by atoms with van der Waals surface area (Å²) >= 11 is 2.99. The standard InChI is InChI=1S/C11H15N3O2S.C9H8N4OS/c1-14(2)6-8(11(15)16-3)9-5-10(17-4)13-7-12-9;1-15-8-2-7(11-5-12-8)6-3-10-4-13-9(6)14/h5-7H,1-4H3;2-5H,1H3,(H,10,13,14)/b8-6+;. The number of aromatic amines is 1. The number of thioether (sulfide) groups is 2. The summed E-state index contributed by atoms with van der Waals surface area (Å²) in [5.74, 6) is -0.413. The minimum absolute atomic E-state index is 0.198. The number of methoxy groups -OCH3 is 1.